The van der Waals surface area contributed by atoms with Gasteiger partial charge in [0.2, 0.25) is 11.8 Å². The third-order valence-electron chi connectivity index (χ3n) is 1.07. The molecule has 0 saturated carbocycles. The van der Waals surface area contributed by atoms with Crippen LogP contribution in [0.3, 0.4) is 0 Å². The summed E-state index contributed by atoms with van der Waals surface area (Å²) in [5.74, 6) is 0.192. The van der Waals surface area contributed by atoms with E-state index in [1.165, 1.54) is 0 Å². The Morgan fingerprint density at radius 1 is 1.50 bits per heavy atom. The van der Waals surface area contributed by atoms with E-state index in [-0.39, 0.29) is 18.2 Å². The summed E-state index contributed by atoms with van der Waals surface area (Å²) >= 11 is 0. The fourth-order valence-corrected chi connectivity index (χ4v) is 0.599. The number of hydrogen-bond donors (Lipinski definition) is 1. The molecule has 3 nitrogen and oxygen atoms in total. The fraction of sp³-hybridized carbons (Fsp3) is 0.400. The third kappa shape index (κ3) is 0.710. The molecule has 1 radical (unpaired) electrons. The van der Waals surface area contributed by atoms with Gasteiger partial charge in [-0.3, -0.25) is 14.9 Å². The first-order valence-corrected chi connectivity index (χ1v) is 2.37. The maximum absolute atomic E-state index is 10.4. The molecule has 0 bridgehead atoms. The van der Waals surface area contributed by atoms with Crippen molar-refractivity contribution in [1.82, 2.24) is 5.32 Å². The molecular weight excluding hydrogens is 106 g/mol. The molecule has 8 heavy (non-hydrogen) atoms. The van der Waals surface area contributed by atoms with Gasteiger partial charge in [0.05, 0.1) is 5.92 Å². The molecule has 0 aliphatic carbocycles. The van der Waals surface area contributed by atoms with Gasteiger partial charge in [0.15, 0.2) is 0 Å². The maximum atomic E-state index is 10.4. The molecule has 0 spiro atoms. The maximum Gasteiger partial charge on any atom is 0.234 e. The van der Waals surface area contributed by atoms with Crippen LogP contribution in [0.4, 0.5) is 0 Å². The molecule has 2 amide bonds. The topological polar surface area (TPSA) is 46.2 Å². The van der Waals surface area contributed by atoms with Crippen LogP contribution in [0.25, 0.3) is 0 Å². The molecular formula is C5H6NO2. The highest BCUT2D eigenvalue weighted by atomic mass is 16.2. The van der Waals surface area contributed by atoms with E-state index in [0.717, 1.165) is 0 Å². The second-order valence-electron chi connectivity index (χ2n) is 1.83. The van der Waals surface area contributed by atoms with Crippen LogP contribution in [-0.4, -0.2) is 11.8 Å². The van der Waals surface area contributed by atoms with Crippen molar-refractivity contribution >= 4 is 11.8 Å². The van der Waals surface area contributed by atoms with E-state index in [0.29, 0.717) is 5.92 Å². The summed E-state index contributed by atoms with van der Waals surface area (Å²) in [6, 6.07) is 0. The highest BCUT2D eigenvalue weighted by Crippen LogP contribution is 2.09. The molecule has 1 rings (SSSR count). The lowest BCUT2D eigenvalue weighted by Crippen LogP contribution is -2.20. The van der Waals surface area contributed by atoms with Gasteiger partial charge >= 0.3 is 0 Å². The van der Waals surface area contributed by atoms with Gasteiger partial charge in [-0.25, -0.2) is 0 Å². The Morgan fingerprint density at radius 3 is 2.25 bits per heavy atom. The smallest absolute Gasteiger partial charge is 0.234 e. The minimum Gasteiger partial charge on any atom is -0.296 e. The van der Waals surface area contributed by atoms with E-state index in [1.54, 1.807) is 6.92 Å². The van der Waals surface area contributed by atoms with Crippen LogP contribution in [0.1, 0.15) is 13.3 Å². The standard InChI is InChI=1S/C5H6NO2/c1-3-2-4(7)6-5(3)8/h2H2,1H3,(H,6,7,8). The summed E-state index contributed by atoms with van der Waals surface area (Å²) < 4.78 is 0. The van der Waals surface area contributed by atoms with Crippen molar-refractivity contribution in [2.24, 2.45) is 0 Å². The molecule has 1 aliphatic heterocycles. The molecule has 0 atom stereocenters. The van der Waals surface area contributed by atoms with Gasteiger partial charge in [-0.1, -0.05) is 0 Å². The zero-order valence-electron chi connectivity index (χ0n) is 4.52. The Morgan fingerprint density at radius 2 is 2.12 bits per heavy atom. The summed E-state index contributed by atoms with van der Waals surface area (Å²) in [7, 11) is 0. The van der Waals surface area contributed by atoms with E-state index < -0.39 is 0 Å². The zero-order chi connectivity index (χ0) is 6.15. The molecule has 1 N–H and O–H groups in total. The van der Waals surface area contributed by atoms with Crippen LogP contribution in [0.2, 0.25) is 0 Å². The molecule has 3 heteroatoms. The van der Waals surface area contributed by atoms with Crippen LogP contribution in [-0.2, 0) is 9.59 Å². The first-order valence-electron chi connectivity index (χ1n) is 2.37. The quantitative estimate of drug-likeness (QED) is 0.434. The lowest BCUT2D eigenvalue weighted by atomic mass is 10.1. The van der Waals surface area contributed by atoms with Gasteiger partial charge in [0.1, 0.15) is 0 Å². The van der Waals surface area contributed by atoms with Crippen molar-refractivity contribution in [2.45, 2.75) is 13.3 Å². The lowest BCUT2D eigenvalue weighted by molar-refractivity contribution is -0.124. The zero-order valence-corrected chi connectivity index (χ0v) is 4.52. The van der Waals surface area contributed by atoms with Crippen LogP contribution >= 0.6 is 0 Å². The SMILES string of the molecule is C[C]1CC(=O)NC1=O. The van der Waals surface area contributed by atoms with Crippen LogP contribution in [0.5, 0.6) is 0 Å². The molecule has 1 heterocycles. The summed E-state index contributed by atoms with van der Waals surface area (Å²) in [5.41, 5.74) is 0. The highest BCUT2D eigenvalue weighted by molar-refractivity contribution is 6.10. The fourth-order valence-electron chi connectivity index (χ4n) is 0.599. The van der Waals surface area contributed by atoms with E-state index in [4.69, 9.17) is 0 Å². The number of hydrogen-bond acceptors (Lipinski definition) is 2. The van der Waals surface area contributed by atoms with E-state index in [9.17, 15) is 9.59 Å². The Bertz CT molecular complexity index is 141. The molecule has 1 fully saturated rings. The second-order valence-corrected chi connectivity index (χ2v) is 1.83. The molecule has 0 unspecified atom stereocenters. The van der Waals surface area contributed by atoms with Crippen LogP contribution in [0.15, 0.2) is 0 Å². The lowest BCUT2D eigenvalue weighted by Gasteiger charge is -1.87. The first-order chi connectivity index (χ1) is 3.70. The Kier molecular flexibility index (Phi) is 1.04. The first kappa shape index (κ1) is 5.28. The van der Waals surface area contributed by atoms with E-state index in [1.807, 2.05) is 0 Å². The number of amides is 2. The van der Waals surface area contributed by atoms with Crippen molar-refractivity contribution in [2.75, 3.05) is 0 Å². The predicted molar refractivity (Wildman–Crippen MR) is 26.7 cm³/mol. The largest absolute Gasteiger partial charge is 0.296 e. The molecule has 0 aromatic rings. The number of imide groups is 1. The number of carbonyl (C=O) groups is 2. The Labute approximate surface area is 47.1 Å². The van der Waals surface area contributed by atoms with Crippen molar-refractivity contribution in [3.8, 4) is 0 Å². The van der Waals surface area contributed by atoms with Gasteiger partial charge in [-0.05, 0) is 6.92 Å². The number of rotatable bonds is 0. The minimum absolute atomic E-state index is 0.187. The normalized spacial score (nSPS) is 21.6. The van der Waals surface area contributed by atoms with Crippen LogP contribution < -0.4 is 5.32 Å². The predicted octanol–water partition coefficient (Wildman–Crippen LogP) is -0.373. The highest BCUT2D eigenvalue weighted by Gasteiger charge is 2.26. The van der Waals surface area contributed by atoms with Gasteiger partial charge < -0.3 is 0 Å². The summed E-state index contributed by atoms with van der Waals surface area (Å²) in [6.07, 6.45) is 0.277. The summed E-state index contributed by atoms with van der Waals surface area (Å²) in [4.78, 5) is 20.7. The minimum atomic E-state index is -0.227. The van der Waals surface area contributed by atoms with Gasteiger partial charge in [-0.2, -0.15) is 0 Å². The van der Waals surface area contributed by atoms with Gasteiger partial charge in [0, 0.05) is 6.42 Å². The van der Waals surface area contributed by atoms with E-state index >= 15 is 0 Å². The number of carbonyl (C=O) groups excluding carboxylic acids is 2. The third-order valence-corrected chi connectivity index (χ3v) is 1.07. The van der Waals surface area contributed by atoms with Crippen molar-refractivity contribution in [3.05, 3.63) is 5.92 Å². The molecule has 0 aromatic carbocycles. The second kappa shape index (κ2) is 1.58. The molecule has 1 aliphatic rings. The number of nitrogens with one attached hydrogen (secondary N) is 1. The van der Waals surface area contributed by atoms with E-state index in [2.05, 4.69) is 5.32 Å². The Hall–Kier alpha value is -0.860. The molecule has 1 saturated heterocycles. The van der Waals surface area contributed by atoms with Crippen molar-refractivity contribution in [1.29, 1.82) is 0 Å². The average molecular weight is 112 g/mol. The van der Waals surface area contributed by atoms with Crippen LogP contribution in [0, 0.1) is 5.92 Å². The van der Waals surface area contributed by atoms with Crippen molar-refractivity contribution < 1.29 is 9.59 Å². The monoisotopic (exact) mass is 112 g/mol. The summed E-state index contributed by atoms with van der Waals surface area (Å²) in [6.45, 7) is 1.65. The van der Waals surface area contributed by atoms with Gasteiger partial charge in [-0.15, -0.1) is 0 Å². The average Bonchev–Trinajstić information content (AvgIpc) is 1.85. The summed E-state index contributed by atoms with van der Waals surface area (Å²) in [5, 5.41) is 2.15. The molecule has 43 valence electrons. The molecule has 0 aromatic heterocycles. The van der Waals surface area contributed by atoms with Crippen molar-refractivity contribution in [3.63, 3.8) is 0 Å². The van der Waals surface area contributed by atoms with Gasteiger partial charge in [0.25, 0.3) is 0 Å². The Balaban J connectivity index is 2.64.